The van der Waals surface area contributed by atoms with Crippen molar-refractivity contribution >= 4 is 45.7 Å². The first kappa shape index (κ1) is 19.8. The van der Waals surface area contributed by atoms with E-state index in [1.165, 1.54) is 6.33 Å². The lowest BCUT2D eigenvalue weighted by Gasteiger charge is -2.26. The molecule has 1 amide bonds. The Labute approximate surface area is 178 Å². The number of fused-ring (bicyclic) bond motifs is 1. The quantitative estimate of drug-likeness (QED) is 0.357. The van der Waals surface area contributed by atoms with Gasteiger partial charge in [0.2, 0.25) is 5.71 Å². The summed E-state index contributed by atoms with van der Waals surface area (Å²) in [4.78, 5) is 24.0. The predicted molar refractivity (Wildman–Crippen MR) is 115 cm³/mol. The Morgan fingerprint density at radius 1 is 1.36 bits per heavy atom. The number of ether oxygens (including phenoxy) is 1. The Morgan fingerprint density at radius 3 is 2.82 bits per heavy atom. The number of halogens is 1. The van der Waals surface area contributed by atoms with Gasteiger partial charge in [0.05, 0.1) is 47.0 Å². The Hall–Kier alpha value is -1.46. The van der Waals surface area contributed by atoms with Crippen molar-refractivity contribution in [2.75, 3.05) is 42.5 Å². The first-order valence-electron chi connectivity index (χ1n) is 9.78. The van der Waals surface area contributed by atoms with Gasteiger partial charge in [0.25, 0.3) is 5.91 Å². The van der Waals surface area contributed by atoms with Crippen molar-refractivity contribution in [3.63, 3.8) is 0 Å². The van der Waals surface area contributed by atoms with Crippen LogP contribution in [0.3, 0.4) is 0 Å². The second-order valence-corrected chi connectivity index (χ2v) is 8.72. The molecule has 1 saturated heterocycles. The lowest BCUT2D eigenvalue weighted by atomic mass is 10.1. The maximum atomic E-state index is 13.0. The number of carbonyl (C=O) groups excluding carboxylic acids is 1. The molecular weight excluding hydrogens is 473 g/mol. The van der Waals surface area contributed by atoms with E-state index < -0.39 is 0 Å². The zero-order chi connectivity index (χ0) is 19.7. The van der Waals surface area contributed by atoms with E-state index in [9.17, 15) is 4.79 Å². The number of hydrogen-bond donors (Lipinski definition) is 1. The summed E-state index contributed by atoms with van der Waals surface area (Å²) < 4.78 is 13.3. The molecule has 0 atom stereocenters. The van der Waals surface area contributed by atoms with Gasteiger partial charge < -0.3 is 14.5 Å². The summed E-state index contributed by atoms with van der Waals surface area (Å²) in [6.07, 6.45) is 4.63. The van der Waals surface area contributed by atoms with Gasteiger partial charge in [-0.15, -0.1) is 0 Å². The van der Waals surface area contributed by atoms with E-state index in [1.54, 1.807) is 0 Å². The van der Waals surface area contributed by atoms with Gasteiger partial charge in [0, 0.05) is 25.2 Å². The Kier molecular flexibility index (Phi) is 5.75. The van der Waals surface area contributed by atoms with Crippen LogP contribution in [0.2, 0.25) is 0 Å². The molecular formula is C19H26IN5O3. The molecule has 4 rings (SSSR count). The van der Waals surface area contributed by atoms with Gasteiger partial charge in [0.15, 0.2) is 5.82 Å². The van der Waals surface area contributed by atoms with Crippen LogP contribution in [0, 0.1) is 6.92 Å². The molecule has 1 N–H and O–H groups in total. The Balaban J connectivity index is 1.48. The number of hydrogen-bond acceptors (Lipinski definition) is 7. The molecule has 0 bridgehead atoms. The maximum Gasteiger partial charge on any atom is 0.255 e. The fraction of sp³-hybridized carbons (Fsp3) is 0.632. The summed E-state index contributed by atoms with van der Waals surface area (Å²) in [6.45, 7) is 9.10. The molecule has 2 aromatic heterocycles. The average Bonchev–Trinajstić information content (AvgIpc) is 3.36. The van der Waals surface area contributed by atoms with Crippen LogP contribution in [0.25, 0.3) is 11.1 Å². The number of amides is 1. The number of furan rings is 1. The first-order chi connectivity index (χ1) is 13.5. The highest BCUT2D eigenvalue weighted by atomic mass is 127. The molecule has 0 spiro atoms. The smallest absolute Gasteiger partial charge is 0.255 e. The second kappa shape index (κ2) is 8.11. The molecule has 2 fully saturated rings. The zero-order valence-corrected chi connectivity index (χ0v) is 18.5. The van der Waals surface area contributed by atoms with Crippen LogP contribution in [-0.2, 0) is 4.74 Å². The number of nitrogens with zero attached hydrogens (tertiary/aromatic N) is 4. The van der Waals surface area contributed by atoms with Crippen LogP contribution in [0.1, 0.15) is 42.3 Å². The fourth-order valence-electron chi connectivity index (χ4n) is 3.50. The molecule has 2 aromatic rings. The third-order valence-corrected chi connectivity index (χ3v) is 7.17. The minimum Gasteiger partial charge on any atom is -0.442 e. The SMILES string of the molecule is Cc1oc2ncnc(N(I)C3(C)CC3)c2c1C(=O)NCCCN1CCOCC1. The predicted octanol–water partition coefficient (Wildman–Crippen LogP) is 2.69. The van der Waals surface area contributed by atoms with Crippen molar-refractivity contribution in [3.8, 4) is 0 Å². The van der Waals surface area contributed by atoms with Gasteiger partial charge in [-0.1, -0.05) is 0 Å². The minimum absolute atomic E-state index is 0.0823. The van der Waals surface area contributed by atoms with E-state index in [0.29, 0.717) is 29.0 Å². The van der Waals surface area contributed by atoms with Gasteiger partial charge in [-0.3, -0.25) is 12.8 Å². The number of carbonyl (C=O) groups is 1. The molecule has 1 aliphatic heterocycles. The maximum absolute atomic E-state index is 13.0. The molecule has 0 aromatic carbocycles. The second-order valence-electron chi connectivity index (χ2n) is 7.75. The fourth-order valence-corrected chi connectivity index (χ4v) is 4.35. The van der Waals surface area contributed by atoms with Crippen LogP contribution in [0.15, 0.2) is 10.7 Å². The molecule has 0 radical (unpaired) electrons. The monoisotopic (exact) mass is 499 g/mol. The van der Waals surface area contributed by atoms with Crippen LogP contribution < -0.4 is 8.43 Å². The van der Waals surface area contributed by atoms with E-state index in [-0.39, 0.29) is 11.4 Å². The number of aromatic nitrogens is 2. The zero-order valence-electron chi connectivity index (χ0n) is 16.3. The van der Waals surface area contributed by atoms with Crippen molar-refractivity contribution < 1.29 is 13.9 Å². The lowest BCUT2D eigenvalue weighted by molar-refractivity contribution is 0.0374. The van der Waals surface area contributed by atoms with Crippen molar-refractivity contribution in [2.24, 2.45) is 0 Å². The van der Waals surface area contributed by atoms with Crippen LogP contribution >= 0.6 is 22.9 Å². The summed E-state index contributed by atoms with van der Waals surface area (Å²) in [7, 11) is 0. The normalized spacial score (nSPS) is 19.0. The molecule has 0 unspecified atom stereocenters. The van der Waals surface area contributed by atoms with Gasteiger partial charge in [-0.2, -0.15) is 0 Å². The third kappa shape index (κ3) is 3.97. The largest absolute Gasteiger partial charge is 0.442 e. The van der Waals surface area contributed by atoms with E-state index in [1.807, 2.05) is 6.92 Å². The summed E-state index contributed by atoms with van der Waals surface area (Å²) in [5.41, 5.74) is 1.09. The highest BCUT2D eigenvalue weighted by molar-refractivity contribution is 14.1. The number of nitrogens with one attached hydrogen (secondary N) is 1. The van der Waals surface area contributed by atoms with Crippen LogP contribution in [-0.4, -0.2) is 65.7 Å². The van der Waals surface area contributed by atoms with Crippen molar-refractivity contribution in [2.45, 2.75) is 38.6 Å². The molecule has 1 aliphatic carbocycles. The minimum atomic E-state index is -0.125. The van der Waals surface area contributed by atoms with Crippen LogP contribution in [0.5, 0.6) is 0 Å². The van der Waals surface area contributed by atoms with Crippen molar-refractivity contribution in [1.29, 1.82) is 0 Å². The standard InChI is InChI=1S/C19H26IN5O3/c1-13-14(17(26)21-6-3-7-24-8-10-27-11-9-24)15-16(22-12-23-18(15)28-13)25(20)19(2)4-5-19/h12H,3-11H2,1-2H3,(H,21,26). The molecule has 3 heterocycles. The highest BCUT2D eigenvalue weighted by Gasteiger charge is 2.44. The average molecular weight is 499 g/mol. The molecule has 8 nitrogen and oxygen atoms in total. The third-order valence-electron chi connectivity index (χ3n) is 5.55. The topological polar surface area (TPSA) is 83.7 Å². The van der Waals surface area contributed by atoms with Gasteiger partial charge >= 0.3 is 0 Å². The number of morpholine rings is 1. The summed E-state index contributed by atoms with van der Waals surface area (Å²) in [6, 6.07) is 0. The van der Waals surface area contributed by atoms with E-state index in [2.05, 4.69) is 53.1 Å². The highest BCUT2D eigenvalue weighted by Crippen LogP contribution is 2.47. The van der Waals surface area contributed by atoms with Crippen molar-refractivity contribution in [3.05, 3.63) is 17.7 Å². The van der Waals surface area contributed by atoms with Gasteiger partial charge in [0.1, 0.15) is 12.1 Å². The number of aryl methyl sites for hydroxylation is 1. The van der Waals surface area contributed by atoms with E-state index in [4.69, 9.17) is 9.15 Å². The molecule has 2 aliphatic rings. The molecule has 28 heavy (non-hydrogen) atoms. The lowest BCUT2D eigenvalue weighted by Crippen LogP contribution is -2.38. The first-order valence-corrected chi connectivity index (χ1v) is 10.7. The Morgan fingerprint density at radius 2 is 2.11 bits per heavy atom. The molecule has 152 valence electrons. The molecule has 9 heteroatoms. The number of anilines is 1. The Bertz CT molecular complexity index is 861. The summed E-state index contributed by atoms with van der Waals surface area (Å²) in [5.74, 6) is 1.20. The van der Waals surface area contributed by atoms with E-state index >= 15 is 0 Å². The summed E-state index contributed by atoms with van der Waals surface area (Å²) >= 11 is 2.29. The summed E-state index contributed by atoms with van der Waals surface area (Å²) in [5, 5.41) is 3.75. The van der Waals surface area contributed by atoms with Crippen LogP contribution in [0.4, 0.5) is 5.82 Å². The van der Waals surface area contributed by atoms with Crippen molar-refractivity contribution in [1.82, 2.24) is 20.2 Å². The van der Waals surface area contributed by atoms with Gasteiger partial charge in [-0.05, 0) is 39.7 Å². The molecule has 1 saturated carbocycles. The van der Waals surface area contributed by atoms with Gasteiger partial charge in [-0.25, -0.2) is 9.97 Å². The van der Waals surface area contributed by atoms with E-state index in [0.717, 1.165) is 57.9 Å². The number of rotatable bonds is 7.